The molecular weight excluding hydrogens is 466 g/mol. The minimum absolute atomic E-state index is 0.0694. The predicted octanol–water partition coefficient (Wildman–Crippen LogP) is 3.25. The lowest BCUT2D eigenvalue weighted by molar-refractivity contribution is -0.133. The zero-order chi connectivity index (χ0) is 24.8. The van der Waals surface area contributed by atoms with Crippen molar-refractivity contribution in [3.63, 3.8) is 0 Å². The van der Waals surface area contributed by atoms with E-state index in [1.165, 1.54) is 11.4 Å². The minimum Gasteiger partial charge on any atom is -0.497 e. The maximum atomic E-state index is 12.8. The maximum Gasteiger partial charge on any atom is 0.264 e. The molecule has 0 spiro atoms. The van der Waals surface area contributed by atoms with E-state index in [0.717, 1.165) is 24.5 Å². The summed E-state index contributed by atoms with van der Waals surface area (Å²) in [6.07, 6.45) is 0. The number of carbonyl (C=O) groups excluding carboxylic acids is 1. The van der Waals surface area contributed by atoms with Gasteiger partial charge in [-0.3, -0.25) is 9.10 Å². The van der Waals surface area contributed by atoms with Crippen LogP contribution in [0.15, 0.2) is 83.8 Å². The molecule has 184 valence electrons. The van der Waals surface area contributed by atoms with Crippen LogP contribution in [0.4, 0.5) is 11.4 Å². The number of rotatable bonds is 8. The number of hydrogen-bond donors (Lipinski definition) is 0. The zero-order valence-electron chi connectivity index (χ0n) is 19.8. The van der Waals surface area contributed by atoms with Gasteiger partial charge in [0.1, 0.15) is 11.5 Å². The van der Waals surface area contributed by atoms with E-state index >= 15 is 0 Å². The van der Waals surface area contributed by atoms with E-state index in [9.17, 15) is 13.2 Å². The van der Waals surface area contributed by atoms with Crippen molar-refractivity contribution in [1.29, 1.82) is 0 Å². The first kappa shape index (κ1) is 24.4. The van der Waals surface area contributed by atoms with Crippen molar-refractivity contribution in [2.75, 3.05) is 56.1 Å². The van der Waals surface area contributed by atoms with Gasteiger partial charge in [0.25, 0.3) is 15.9 Å². The minimum atomic E-state index is -3.65. The Morgan fingerprint density at radius 3 is 2.06 bits per heavy atom. The molecule has 0 saturated carbocycles. The molecule has 1 aliphatic rings. The topological polar surface area (TPSA) is 79.4 Å². The molecule has 1 heterocycles. The van der Waals surface area contributed by atoms with Gasteiger partial charge in [-0.1, -0.05) is 18.2 Å². The van der Waals surface area contributed by atoms with Crippen molar-refractivity contribution in [1.82, 2.24) is 4.90 Å². The Labute approximate surface area is 206 Å². The highest BCUT2D eigenvalue weighted by Crippen LogP contribution is 2.24. The Morgan fingerprint density at radius 2 is 1.46 bits per heavy atom. The van der Waals surface area contributed by atoms with Gasteiger partial charge in [0.2, 0.25) is 0 Å². The normalized spacial score (nSPS) is 13.9. The summed E-state index contributed by atoms with van der Waals surface area (Å²) >= 11 is 0. The van der Waals surface area contributed by atoms with Gasteiger partial charge < -0.3 is 19.3 Å². The molecule has 1 aliphatic heterocycles. The highest BCUT2D eigenvalue weighted by molar-refractivity contribution is 7.92. The van der Waals surface area contributed by atoms with Gasteiger partial charge in [-0.25, -0.2) is 8.42 Å². The summed E-state index contributed by atoms with van der Waals surface area (Å²) in [6.45, 7) is 2.66. The standard InChI is InChI=1S/C26H29N3O5S/c1-27(35(31,32)25-6-4-3-5-7-25)21-8-14-24(15-9-21)34-20-26(30)29-18-16-28(17-19-29)22-10-12-23(33-2)13-11-22/h3-15H,16-20H2,1-2H3. The van der Waals surface area contributed by atoms with Gasteiger partial charge in [-0.05, 0) is 60.7 Å². The number of ether oxygens (including phenoxy) is 2. The summed E-state index contributed by atoms with van der Waals surface area (Å²) in [5, 5.41) is 0. The highest BCUT2D eigenvalue weighted by atomic mass is 32.2. The molecule has 0 radical (unpaired) electrons. The number of hydrogen-bond acceptors (Lipinski definition) is 6. The van der Waals surface area contributed by atoms with Crippen LogP contribution in [0.1, 0.15) is 0 Å². The zero-order valence-corrected chi connectivity index (χ0v) is 20.6. The number of carbonyl (C=O) groups is 1. The second kappa shape index (κ2) is 10.7. The highest BCUT2D eigenvalue weighted by Gasteiger charge is 2.23. The van der Waals surface area contributed by atoms with Gasteiger partial charge in [0.15, 0.2) is 6.61 Å². The Morgan fingerprint density at radius 1 is 0.857 bits per heavy atom. The lowest BCUT2D eigenvalue weighted by atomic mass is 10.2. The van der Waals surface area contributed by atoms with E-state index in [2.05, 4.69) is 4.90 Å². The average molecular weight is 496 g/mol. The van der Waals surface area contributed by atoms with Crippen molar-refractivity contribution in [2.45, 2.75) is 4.90 Å². The Balaban J connectivity index is 1.28. The van der Waals surface area contributed by atoms with Gasteiger partial charge in [0, 0.05) is 38.9 Å². The van der Waals surface area contributed by atoms with E-state index in [4.69, 9.17) is 9.47 Å². The van der Waals surface area contributed by atoms with Gasteiger partial charge in [-0.15, -0.1) is 0 Å². The van der Waals surface area contributed by atoms with E-state index in [0.29, 0.717) is 24.5 Å². The molecule has 0 unspecified atom stereocenters. The molecule has 0 bridgehead atoms. The van der Waals surface area contributed by atoms with E-state index < -0.39 is 10.0 Å². The lowest BCUT2D eigenvalue weighted by Crippen LogP contribution is -2.50. The smallest absolute Gasteiger partial charge is 0.264 e. The van der Waals surface area contributed by atoms with E-state index in [-0.39, 0.29) is 17.4 Å². The Bertz CT molecular complexity index is 1220. The summed E-state index contributed by atoms with van der Waals surface area (Å²) in [6, 6.07) is 22.8. The van der Waals surface area contributed by atoms with Crippen molar-refractivity contribution in [2.24, 2.45) is 0 Å². The molecule has 1 saturated heterocycles. The molecule has 3 aromatic rings. The van der Waals surface area contributed by atoms with Crippen LogP contribution in [-0.2, 0) is 14.8 Å². The molecule has 0 N–H and O–H groups in total. The third-order valence-electron chi connectivity index (χ3n) is 6.03. The number of anilines is 2. The number of amides is 1. The summed E-state index contributed by atoms with van der Waals surface area (Å²) < 4.78 is 37.7. The van der Waals surface area contributed by atoms with Crippen LogP contribution in [0.2, 0.25) is 0 Å². The predicted molar refractivity (Wildman–Crippen MR) is 136 cm³/mol. The fourth-order valence-corrected chi connectivity index (χ4v) is 5.10. The van der Waals surface area contributed by atoms with Crippen molar-refractivity contribution in [3.05, 3.63) is 78.9 Å². The fraction of sp³-hybridized carbons (Fsp3) is 0.269. The summed E-state index contributed by atoms with van der Waals surface area (Å²) in [7, 11) is -0.501. The molecule has 1 amide bonds. The lowest BCUT2D eigenvalue weighted by Gasteiger charge is -2.36. The quantitative estimate of drug-likeness (QED) is 0.477. The van der Waals surface area contributed by atoms with Crippen LogP contribution in [-0.4, -0.2) is 66.2 Å². The van der Waals surface area contributed by atoms with E-state index in [1.54, 1.807) is 66.6 Å². The number of nitrogens with zero attached hydrogens (tertiary/aromatic N) is 3. The molecule has 0 atom stereocenters. The number of piperazine rings is 1. The molecular formula is C26H29N3O5S. The summed E-state index contributed by atoms with van der Waals surface area (Å²) in [5.74, 6) is 1.24. The second-order valence-electron chi connectivity index (χ2n) is 8.13. The number of sulfonamides is 1. The van der Waals surface area contributed by atoms with Crippen molar-refractivity contribution >= 4 is 27.3 Å². The van der Waals surface area contributed by atoms with Gasteiger partial charge >= 0.3 is 0 Å². The molecule has 1 fully saturated rings. The number of methoxy groups -OCH3 is 1. The van der Waals surface area contributed by atoms with Crippen LogP contribution < -0.4 is 18.7 Å². The molecule has 8 nitrogen and oxygen atoms in total. The maximum absolute atomic E-state index is 12.8. The van der Waals surface area contributed by atoms with Crippen LogP contribution in [0, 0.1) is 0 Å². The van der Waals surface area contributed by atoms with Crippen molar-refractivity contribution < 1.29 is 22.7 Å². The number of benzene rings is 3. The molecule has 3 aromatic carbocycles. The van der Waals surface area contributed by atoms with Gasteiger partial charge in [-0.2, -0.15) is 0 Å². The van der Waals surface area contributed by atoms with Crippen LogP contribution in [0.25, 0.3) is 0 Å². The summed E-state index contributed by atoms with van der Waals surface area (Å²) in [4.78, 5) is 16.9. The third-order valence-corrected chi connectivity index (χ3v) is 7.83. The van der Waals surface area contributed by atoms with Crippen LogP contribution >= 0.6 is 0 Å². The summed E-state index contributed by atoms with van der Waals surface area (Å²) in [5.41, 5.74) is 1.61. The first-order valence-electron chi connectivity index (χ1n) is 11.3. The first-order valence-corrected chi connectivity index (χ1v) is 12.8. The molecule has 9 heteroatoms. The second-order valence-corrected chi connectivity index (χ2v) is 10.1. The molecule has 0 aromatic heterocycles. The average Bonchev–Trinajstić information content (AvgIpc) is 2.92. The first-order chi connectivity index (χ1) is 16.9. The monoisotopic (exact) mass is 495 g/mol. The third kappa shape index (κ3) is 5.68. The Kier molecular flexibility index (Phi) is 7.45. The molecule has 4 rings (SSSR count). The SMILES string of the molecule is COc1ccc(N2CCN(C(=O)COc3ccc(N(C)S(=O)(=O)c4ccccc4)cc3)CC2)cc1. The molecule has 35 heavy (non-hydrogen) atoms. The van der Waals surface area contributed by atoms with E-state index in [1.807, 2.05) is 24.3 Å². The van der Waals surface area contributed by atoms with Crippen molar-refractivity contribution in [3.8, 4) is 11.5 Å². The molecule has 0 aliphatic carbocycles. The van der Waals surface area contributed by atoms with Crippen LogP contribution in [0.5, 0.6) is 11.5 Å². The fourth-order valence-electron chi connectivity index (χ4n) is 3.89. The Hall–Kier alpha value is -3.72. The van der Waals surface area contributed by atoms with Gasteiger partial charge in [0.05, 0.1) is 17.7 Å². The van der Waals surface area contributed by atoms with Crippen LogP contribution in [0.3, 0.4) is 0 Å². The largest absolute Gasteiger partial charge is 0.497 e.